The lowest BCUT2D eigenvalue weighted by atomic mass is 10.1. The molecule has 0 saturated carbocycles. The maximum atomic E-state index is 12.5. The Hall–Kier alpha value is -4.08. The molecule has 10 heteroatoms. The van der Waals surface area contributed by atoms with Gasteiger partial charge in [0.05, 0.1) is 6.10 Å². The molecule has 0 aliphatic carbocycles. The molecule has 31 heavy (non-hydrogen) atoms. The topological polar surface area (TPSA) is 167 Å². The van der Waals surface area contributed by atoms with Crippen molar-refractivity contribution in [2.24, 2.45) is 5.73 Å². The third-order valence-electron chi connectivity index (χ3n) is 3.99. The smallest absolute Gasteiger partial charge is 0.408 e. The highest BCUT2D eigenvalue weighted by Crippen LogP contribution is 2.15. The summed E-state index contributed by atoms with van der Waals surface area (Å²) in [5.74, 6) is -1.78. The molecule has 2 aromatic rings. The largest absolute Gasteiger partial charge is 0.480 e. The van der Waals surface area contributed by atoms with Crippen LogP contribution in [0.15, 0.2) is 48.5 Å². The molecule has 0 fully saturated rings. The highest BCUT2D eigenvalue weighted by molar-refractivity contribution is 6.05. The van der Waals surface area contributed by atoms with Crippen LogP contribution in [0, 0.1) is 5.41 Å². The van der Waals surface area contributed by atoms with Gasteiger partial charge in [-0.15, -0.1) is 0 Å². The molecule has 164 valence electrons. The summed E-state index contributed by atoms with van der Waals surface area (Å²) in [6, 6.07) is 12.0. The number of anilines is 2. The number of aliphatic carboxylic acids is 1. The Kier molecular flexibility index (Phi) is 7.95. The fraction of sp³-hybridized carbons (Fsp3) is 0.238. The molecule has 10 nitrogen and oxygen atoms in total. The van der Waals surface area contributed by atoms with Crippen LogP contribution in [0.25, 0.3) is 0 Å². The van der Waals surface area contributed by atoms with E-state index in [0.717, 1.165) is 0 Å². The molecule has 1 unspecified atom stereocenters. The average molecular weight is 427 g/mol. The lowest BCUT2D eigenvalue weighted by Gasteiger charge is -2.16. The molecular formula is C21H25N5O5. The van der Waals surface area contributed by atoms with Crippen LogP contribution in [-0.2, 0) is 16.0 Å². The summed E-state index contributed by atoms with van der Waals surface area (Å²) in [6.45, 7) is 3.33. The van der Waals surface area contributed by atoms with E-state index in [2.05, 4.69) is 16.0 Å². The normalized spacial score (nSPS) is 11.3. The van der Waals surface area contributed by atoms with Crippen molar-refractivity contribution in [2.75, 3.05) is 10.6 Å². The minimum absolute atomic E-state index is 0.0511. The standard InChI is InChI=1S/C21H25N5O5/c1-12(2)31-21(30)26-17(19(28)29)10-13-6-8-15(9-7-13)24-18(27)14-4-3-5-16(11-14)25-20(22)23/h3-9,11-12,17H,10H2,1-2H3,(H,24,27)(H,26,30)(H,28,29)(H4,22,23,25). The zero-order valence-electron chi connectivity index (χ0n) is 17.1. The van der Waals surface area contributed by atoms with E-state index in [-0.39, 0.29) is 24.4 Å². The summed E-state index contributed by atoms with van der Waals surface area (Å²) in [6.07, 6.45) is -1.11. The molecule has 0 heterocycles. The summed E-state index contributed by atoms with van der Waals surface area (Å²) < 4.78 is 4.92. The van der Waals surface area contributed by atoms with Crippen LogP contribution in [0.4, 0.5) is 16.2 Å². The van der Waals surface area contributed by atoms with Crippen LogP contribution in [0.2, 0.25) is 0 Å². The van der Waals surface area contributed by atoms with Gasteiger partial charge in [0.25, 0.3) is 5.91 Å². The van der Waals surface area contributed by atoms with Crippen molar-refractivity contribution in [2.45, 2.75) is 32.4 Å². The van der Waals surface area contributed by atoms with E-state index in [1.54, 1.807) is 62.4 Å². The Balaban J connectivity index is 2.01. The Labute approximate surface area is 179 Å². The quantitative estimate of drug-likeness (QED) is 0.278. The molecule has 0 bridgehead atoms. The summed E-state index contributed by atoms with van der Waals surface area (Å²) in [5.41, 5.74) is 7.34. The minimum Gasteiger partial charge on any atom is -0.480 e. The van der Waals surface area contributed by atoms with Crippen LogP contribution >= 0.6 is 0 Å². The molecule has 1 atom stereocenters. The number of benzene rings is 2. The van der Waals surface area contributed by atoms with Crippen LogP contribution in [0.5, 0.6) is 0 Å². The van der Waals surface area contributed by atoms with Crippen molar-refractivity contribution < 1.29 is 24.2 Å². The van der Waals surface area contributed by atoms with Gasteiger partial charge in [0.15, 0.2) is 5.96 Å². The lowest BCUT2D eigenvalue weighted by Crippen LogP contribution is -2.43. The second kappa shape index (κ2) is 10.6. The number of carbonyl (C=O) groups is 3. The van der Waals surface area contributed by atoms with E-state index in [0.29, 0.717) is 22.5 Å². The molecule has 0 aromatic heterocycles. The summed E-state index contributed by atoms with van der Waals surface area (Å²) in [7, 11) is 0. The minimum atomic E-state index is -1.18. The maximum Gasteiger partial charge on any atom is 0.408 e. The zero-order chi connectivity index (χ0) is 23.0. The predicted octanol–water partition coefficient (Wildman–Crippen LogP) is 2.37. The van der Waals surface area contributed by atoms with E-state index >= 15 is 0 Å². The third kappa shape index (κ3) is 7.69. The summed E-state index contributed by atoms with van der Waals surface area (Å²) >= 11 is 0. The molecule has 0 aliphatic heterocycles. The number of amides is 2. The molecule has 0 spiro atoms. The number of carboxylic acids is 1. The van der Waals surface area contributed by atoms with Crippen LogP contribution in [-0.4, -0.2) is 41.2 Å². The van der Waals surface area contributed by atoms with Crippen LogP contribution in [0.3, 0.4) is 0 Å². The van der Waals surface area contributed by atoms with Gasteiger partial charge in [-0.2, -0.15) is 0 Å². The highest BCUT2D eigenvalue weighted by Gasteiger charge is 2.21. The van der Waals surface area contributed by atoms with Gasteiger partial charge in [0, 0.05) is 23.4 Å². The molecular weight excluding hydrogens is 402 g/mol. The van der Waals surface area contributed by atoms with E-state index < -0.39 is 18.1 Å². The first kappa shape index (κ1) is 23.2. The molecule has 2 aromatic carbocycles. The molecule has 7 N–H and O–H groups in total. The number of nitrogens with one attached hydrogen (secondary N) is 4. The number of nitrogens with two attached hydrogens (primary N) is 1. The molecule has 0 radical (unpaired) electrons. The monoisotopic (exact) mass is 427 g/mol. The van der Waals surface area contributed by atoms with Gasteiger partial charge >= 0.3 is 12.1 Å². The SMILES string of the molecule is CC(C)OC(=O)NC(Cc1ccc(NC(=O)c2cccc(NC(=N)N)c2)cc1)C(=O)O. The Morgan fingerprint density at radius 3 is 2.32 bits per heavy atom. The Morgan fingerprint density at radius 2 is 1.74 bits per heavy atom. The second-order valence-corrected chi connectivity index (χ2v) is 6.96. The predicted molar refractivity (Wildman–Crippen MR) is 116 cm³/mol. The fourth-order valence-corrected chi connectivity index (χ4v) is 2.65. The van der Waals surface area contributed by atoms with Gasteiger partial charge in [-0.1, -0.05) is 18.2 Å². The number of guanidine groups is 1. The van der Waals surface area contributed by atoms with Crippen molar-refractivity contribution in [3.8, 4) is 0 Å². The highest BCUT2D eigenvalue weighted by atomic mass is 16.6. The average Bonchev–Trinajstić information content (AvgIpc) is 2.68. The number of ether oxygens (including phenoxy) is 1. The Bertz CT molecular complexity index is 959. The van der Waals surface area contributed by atoms with Crippen LogP contribution < -0.4 is 21.7 Å². The van der Waals surface area contributed by atoms with Gasteiger partial charge in [0.2, 0.25) is 0 Å². The van der Waals surface area contributed by atoms with Crippen LogP contribution in [0.1, 0.15) is 29.8 Å². The molecule has 0 saturated heterocycles. The number of hydrogen-bond donors (Lipinski definition) is 6. The van der Waals surface area contributed by atoms with Crippen molar-refractivity contribution >= 4 is 35.3 Å². The first-order chi connectivity index (χ1) is 14.6. The van der Waals surface area contributed by atoms with Gasteiger partial charge < -0.3 is 31.5 Å². The third-order valence-corrected chi connectivity index (χ3v) is 3.99. The van der Waals surface area contributed by atoms with Gasteiger partial charge in [-0.25, -0.2) is 9.59 Å². The zero-order valence-corrected chi connectivity index (χ0v) is 17.1. The molecule has 2 amide bonds. The summed E-state index contributed by atoms with van der Waals surface area (Å²) in [5, 5.41) is 24.3. The van der Waals surface area contributed by atoms with Crippen molar-refractivity contribution in [1.29, 1.82) is 5.41 Å². The summed E-state index contributed by atoms with van der Waals surface area (Å²) in [4.78, 5) is 35.6. The maximum absolute atomic E-state index is 12.5. The van der Waals surface area contributed by atoms with E-state index in [1.165, 1.54) is 0 Å². The van der Waals surface area contributed by atoms with E-state index in [1.807, 2.05) is 0 Å². The Morgan fingerprint density at radius 1 is 1.06 bits per heavy atom. The van der Waals surface area contributed by atoms with Gasteiger partial charge in [-0.3, -0.25) is 10.2 Å². The van der Waals surface area contributed by atoms with Crippen molar-refractivity contribution in [3.05, 3.63) is 59.7 Å². The van der Waals surface area contributed by atoms with E-state index in [4.69, 9.17) is 15.9 Å². The second-order valence-electron chi connectivity index (χ2n) is 6.96. The van der Waals surface area contributed by atoms with E-state index in [9.17, 15) is 19.5 Å². The number of carboxylic acid groups (broad SMARTS) is 1. The number of alkyl carbamates (subject to hydrolysis) is 1. The lowest BCUT2D eigenvalue weighted by molar-refractivity contribution is -0.139. The molecule has 2 rings (SSSR count). The van der Waals surface area contributed by atoms with Gasteiger partial charge in [0.1, 0.15) is 6.04 Å². The first-order valence-corrected chi connectivity index (χ1v) is 9.45. The molecule has 0 aliphatic rings. The number of hydrogen-bond acceptors (Lipinski definition) is 5. The van der Waals surface area contributed by atoms with Crippen molar-refractivity contribution in [1.82, 2.24) is 5.32 Å². The number of carbonyl (C=O) groups excluding carboxylic acids is 2. The first-order valence-electron chi connectivity index (χ1n) is 9.45. The van der Waals surface area contributed by atoms with Gasteiger partial charge in [-0.05, 0) is 49.7 Å². The number of rotatable bonds is 8. The van der Waals surface area contributed by atoms with Crippen molar-refractivity contribution in [3.63, 3.8) is 0 Å². The fourth-order valence-electron chi connectivity index (χ4n) is 2.65.